The molecular weight excluding hydrogens is 599 g/mol. The van der Waals surface area contributed by atoms with Crippen LogP contribution in [0.5, 0.6) is 0 Å². The predicted molar refractivity (Wildman–Crippen MR) is 202 cm³/mol. The van der Waals surface area contributed by atoms with Crippen LogP contribution < -0.4 is 5.32 Å². The molecule has 1 aliphatic rings. The molecule has 1 unspecified atom stereocenters. The fourth-order valence-corrected chi connectivity index (χ4v) is 6.66. The van der Waals surface area contributed by atoms with E-state index in [1.165, 1.54) is 11.1 Å². The molecule has 2 heterocycles. The third-order valence-electron chi connectivity index (χ3n) is 9.16. The molecular formula is C45H31N3O. The number of rotatable bonds is 6. The van der Waals surface area contributed by atoms with Crippen LogP contribution in [0, 0.1) is 0 Å². The van der Waals surface area contributed by atoms with Gasteiger partial charge < -0.3 is 9.73 Å². The molecule has 1 atom stereocenters. The van der Waals surface area contributed by atoms with E-state index < -0.39 is 6.17 Å². The van der Waals surface area contributed by atoms with Crippen LogP contribution in [0.3, 0.4) is 0 Å². The Kier molecular flexibility index (Phi) is 7.17. The van der Waals surface area contributed by atoms with Gasteiger partial charge in [0.2, 0.25) is 0 Å². The molecule has 0 amide bonds. The minimum atomic E-state index is -0.434. The topological polar surface area (TPSA) is 49.9 Å². The molecule has 9 rings (SSSR count). The molecule has 0 spiro atoms. The zero-order valence-electron chi connectivity index (χ0n) is 26.6. The number of fused-ring (bicyclic) bond motifs is 3. The number of nitrogens with zero attached hydrogens (tertiary/aromatic N) is 2. The Labute approximate surface area is 284 Å². The summed E-state index contributed by atoms with van der Waals surface area (Å²) in [6.45, 7) is 0. The predicted octanol–water partition coefficient (Wildman–Crippen LogP) is 11.1. The van der Waals surface area contributed by atoms with E-state index in [-0.39, 0.29) is 0 Å². The number of furan rings is 1. The van der Waals surface area contributed by atoms with Crippen LogP contribution in [0.4, 0.5) is 0 Å². The normalized spacial score (nSPS) is 14.3. The SMILES string of the molecule is c1ccc(-c2ccc(C3=NC(c4ccc(-c5ccccc5)cc4)N=C(c4cc(-c5ccccc5)c5c(c4)oc4ccccc45)N3)cc2)cc1. The van der Waals surface area contributed by atoms with E-state index in [9.17, 15) is 0 Å². The number of aliphatic imine (C=N–C) groups is 2. The van der Waals surface area contributed by atoms with Crippen molar-refractivity contribution in [3.8, 4) is 33.4 Å². The van der Waals surface area contributed by atoms with Crippen molar-refractivity contribution in [2.75, 3.05) is 0 Å². The van der Waals surface area contributed by atoms with Crippen LogP contribution in [0.25, 0.3) is 55.3 Å². The third kappa shape index (κ3) is 5.49. The van der Waals surface area contributed by atoms with Crippen molar-refractivity contribution in [3.63, 3.8) is 0 Å². The summed E-state index contributed by atoms with van der Waals surface area (Å²) in [4.78, 5) is 10.4. The highest BCUT2D eigenvalue weighted by atomic mass is 16.3. The van der Waals surface area contributed by atoms with E-state index in [2.05, 4.69) is 151 Å². The molecule has 0 bridgehead atoms. The van der Waals surface area contributed by atoms with Gasteiger partial charge in [-0.3, -0.25) is 0 Å². The lowest BCUT2D eigenvalue weighted by Gasteiger charge is -2.23. The smallest absolute Gasteiger partial charge is 0.169 e. The molecule has 8 aromatic rings. The average Bonchev–Trinajstić information content (AvgIpc) is 3.57. The van der Waals surface area contributed by atoms with E-state index in [0.717, 1.165) is 72.6 Å². The first-order valence-electron chi connectivity index (χ1n) is 16.5. The van der Waals surface area contributed by atoms with E-state index >= 15 is 0 Å². The molecule has 232 valence electrons. The lowest BCUT2D eigenvalue weighted by Crippen LogP contribution is -2.36. The summed E-state index contributed by atoms with van der Waals surface area (Å²) >= 11 is 0. The second kappa shape index (κ2) is 12.3. The molecule has 4 heteroatoms. The first-order chi connectivity index (χ1) is 24.3. The van der Waals surface area contributed by atoms with Gasteiger partial charge in [-0.25, -0.2) is 9.98 Å². The largest absolute Gasteiger partial charge is 0.456 e. The molecule has 0 aliphatic carbocycles. The van der Waals surface area contributed by atoms with Crippen molar-refractivity contribution in [2.24, 2.45) is 9.98 Å². The number of benzene rings is 7. The van der Waals surface area contributed by atoms with E-state index in [0.29, 0.717) is 0 Å². The Morgan fingerprint density at radius 3 is 1.53 bits per heavy atom. The lowest BCUT2D eigenvalue weighted by molar-refractivity contribution is 0.669. The first kappa shape index (κ1) is 28.7. The van der Waals surface area contributed by atoms with Gasteiger partial charge in [-0.1, -0.05) is 158 Å². The van der Waals surface area contributed by atoms with Gasteiger partial charge in [0.1, 0.15) is 22.8 Å². The zero-order valence-corrected chi connectivity index (χ0v) is 26.6. The first-order valence-corrected chi connectivity index (χ1v) is 16.5. The van der Waals surface area contributed by atoms with Crippen LogP contribution in [-0.4, -0.2) is 11.7 Å². The van der Waals surface area contributed by atoms with Crippen LogP contribution in [0.15, 0.2) is 190 Å². The molecule has 7 aromatic carbocycles. The quantitative estimate of drug-likeness (QED) is 0.199. The summed E-state index contributed by atoms with van der Waals surface area (Å²) in [5.41, 5.74) is 11.5. The highest BCUT2D eigenvalue weighted by Crippen LogP contribution is 2.38. The summed E-state index contributed by atoms with van der Waals surface area (Å²) in [6, 6.07) is 61.0. The third-order valence-corrected chi connectivity index (χ3v) is 9.16. The van der Waals surface area contributed by atoms with Gasteiger partial charge in [0, 0.05) is 21.9 Å². The maximum absolute atomic E-state index is 6.47. The maximum Gasteiger partial charge on any atom is 0.169 e. The van der Waals surface area contributed by atoms with Gasteiger partial charge in [0.05, 0.1) is 0 Å². The Morgan fingerprint density at radius 2 is 0.898 bits per heavy atom. The fraction of sp³-hybridized carbons (Fsp3) is 0.0222. The Bertz CT molecular complexity index is 2480. The van der Waals surface area contributed by atoms with Gasteiger partial charge in [0.15, 0.2) is 6.17 Å². The number of nitrogens with one attached hydrogen (secondary N) is 1. The molecule has 0 saturated heterocycles. The number of amidine groups is 2. The van der Waals surface area contributed by atoms with Crippen molar-refractivity contribution >= 4 is 33.6 Å². The number of hydrogen-bond donors (Lipinski definition) is 1. The monoisotopic (exact) mass is 629 g/mol. The molecule has 0 radical (unpaired) electrons. The van der Waals surface area contributed by atoms with Gasteiger partial charge >= 0.3 is 0 Å². The van der Waals surface area contributed by atoms with E-state index in [4.69, 9.17) is 14.4 Å². The van der Waals surface area contributed by atoms with Gasteiger partial charge in [0.25, 0.3) is 0 Å². The summed E-state index contributed by atoms with van der Waals surface area (Å²) in [6.07, 6.45) is -0.434. The molecule has 49 heavy (non-hydrogen) atoms. The summed E-state index contributed by atoms with van der Waals surface area (Å²) in [5.74, 6) is 1.52. The summed E-state index contributed by atoms with van der Waals surface area (Å²) in [7, 11) is 0. The number of para-hydroxylation sites is 1. The average molecular weight is 630 g/mol. The van der Waals surface area contributed by atoms with Crippen LogP contribution in [0.1, 0.15) is 22.9 Å². The molecule has 1 aromatic heterocycles. The Hall–Kier alpha value is -6.52. The Morgan fingerprint density at radius 1 is 0.408 bits per heavy atom. The maximum atomic E-state index is 6.47. The Balaban J connectivity index is 1.17. The van der Waals surface area contributed by atoms with Gasteiger partial charge in [-0.15, -0.1) is 0 Å². The highest BCUT2D eigenvalue weighted by molar-refractivity contribution is 6.19. The number of hydrogen-bond acceptors (Lipinski definition) is 4. The van der Waals surface area contributed by atoms with Crippen molar-refractivity contribution < 1.29 is 4.42 Å². The molecule has 4 nitrogen and oxygen atoms in total. The van der Waals surface area contributed by atoms with Crippen LogP contribution in [-0.2, 0) is 0 Å². The van der Waals surface area contributed by atoms with Crippen molar-refractivity contribution in [1.82, 2.24) is 5.32 Å². The van der Waals surface area contributed by atoms with Crippen molar-refractivity contribution in [1.29, 1.82) is 0 Å². The van der Waals surface area contributed by atoms with Crippen LogP contribution >= 0.6 is 0 Å². The van der Waals surface area contributed by atoms with Crippen molar-refractivity contribution in [2.45, 2.75) is 6.17 Å². The lowest BCUT2D eigenvalue weighted by atomic mass is 9.96. The van der Waals surface area contributed by atoms with Gasteiger partial charge in [-0.2, -0.15) is 0 Å². The zero-order chi connectivity index (χ0) is 32.6. The fourth-order valence-electron chi connectivity index (χ4n) is 6.66. The summed E-state index contributed by atoms with van der Waals surface area (Å²) in [5, 5.41) is 5.81. The second-order valence-corrected chi connectivity index (χ2v) is 12.2. The van der Waals surface area contributed by atoms with E-state index in [1.807, 2.05) is 30.3 Å². The standard InChI is InChI=1S/C45H31N3O/c1-4-12-30(13-5-1)32-20-24-35(25-21-32)43-46-44(36-26-22-33(23-27-36)31-14-6-2-7-15-31)48-45(47-43)37-28-39(34-16-8-3-9-17-34)42-38-18-10-11-19-40(38)49-41(42)29-37/h1-29,43H,(H,46,47,48). The van der Waals surface area contributed by atoms with Gasteiger partial charge in [-0.05, 0) is 57.1 Å². The van der Waals surface area contributed by atoms with E-state index in [1.54, 1.807) is 0 Å². The second-order valence-electron chi connectivity index (χ2n) is 12.2. The molecule has 0 fully saturated rings. The van der Waals surface area contributed by atoms with Crippen LogP contribution in [0.2, 0.25) is 0 Å². The molecule has 1 aliphatic heterocycles. The molecule has 0 saturated carbocycles. The van der Waals surface area contributed by atoms with Crippen molar-refractivity contribution in [3.05, 3.63) is 193 Å². The minimum Gasteiger partial charge on any atom is -0.456 e. The summed E-state index contributed by atoms with van der Waals surface area (Å²) < 4.78 is 6.47. The highest BCUT2D eigenvalue weighted by Gasteiger charge is 2.23. The molecule has 1 N–H and O–H groups in total. The minimum absolute atomic E-state index is 0.434.